The third kappa shape index (κ3) is 3.29. The van der Waals surface area contributed by atoms with Gasteiger partial charge in [-0.3, -0.25) is 0 Å². The average molecular weight is 399 g/mol. The largest absolute Gasteiger partial charge is 0.368 e. The molecule has 100 valence electrons. The molecule has 1 saturated heterocycles. The van der Waals surface area contributed by atoms with Gasteiger partial charge in [0.25, 0.3) is 0 Å². The van der Waals surface area contributed by atoms with Gasteiger partial charge in [-0.1, -0.05) is 32.4 Å². The molecule has 2 rings (SSSR count). The van der Waals surface area contributed by atoms with E-state index >= 15 is 0 Å². The molecule has 0 bridgehead atoms. The Hall–Kier alpha value is 0.410. The summed E-state index contributed by atoms with van der Waals surface area (Å²) >= 11 is 10.3. The fourth-order valence-electron chi connectivity index (χ4n) is 1.71. The number of rotatable bonds is 1. The van der Waals surface area contributed by atoms with Crippen LogP contribution >= 0.6 is 46.0 Å². The molecule has 0 N–H and O–H groups in total. The smallest absolute Gasteiger partial charge is 0.160 e. The maximum Gasteiger partial charge on any atom is 0.160 e. The molecular formula is C12H16ClIN2OS. The normalized spacial score (nSPS) is 21.1. The highest BCUT2D eigenvalue weighted by Gasteiger charge is 2.26. The van der Waals surface area contributed by atoms with Gasteiger partial charge in [0.15, 0.2) is 5.82 Å². The summed E-state index contributed by atoms with van der Waals surface area (Å²) in [7, 11) is 0. The summed E-state index contributed by atoms with van der Waals surface area (Å²) in [6, 6.07) is 0. The predicted octanol–water partition coefficient (Wildman–Crippen LogP) is 3.84. The zero-order valence-electron chi connectivity index (χ0n) is 10.7. The first-order valence-corrected chi connectivity index (χ1v) is 8.43. The molecule has 1 aliphatic heterocycles. The molecule has 1 aliphatic rings. The van der Waals surface area contributed by atoms with Gasteiger partial charge in [0.1, 0.15) is 11.3 Å². The molecular weight excluding hydrogens is 383 g/mol. The Morgan fingerprint density at radius 1 is 1.39 bits per heavy atom. The number of nitrogens with zero attached hydrogens (tertiary/aromatic N) is 2. The second kappa shape index (κ2) is 5.81. The fourth-order valence-corrected chi connectivity index (χ4v) is 3.78. The molecule has 1 aromatic rings. The van der Waals surface area contributed by atoms with Crippen LogP contribution in [0.3, 0.4) is 0 Å². The van der Waals surface area contributed by atoms with Crippen molar-refractivity contribution in [2.24, 2.45) is 0 Å². The predicted molar refractivity (Wildman–Crippen MR) is 84.5 cm³/mol. The van der Waals surface area contributed by atoms with E-state index in [0.29, 0.717) is 5.15 Å². The fraction of sp³-hybridized carbons (Fsp3) is 0.667. The molecule has 0 spiro atoms. The van der Waals surface area contributed by atoms with E-state index in [-0.39, 0.29) is 11.5 Å². The zero-order valence-corrected chi connectivity index (χ0v) is 14.4. The minimum absolute atomic E-state index is 0.0284. The minimum atomic E-state index is -0.0420. The van der Waals surface area contributed by atoms with Gasteiger partial charge in [-0.05, 0) is 22.6 Å². The SMILES string of the molecule is CC(C)(C)c1nc(C2CSCCO2)nc(Cl)c1I. The highest BCUT2D eigenvalue weighted by Crippen LogP contribution is 2.32. The summed E-state index contributed by atoms with van der Waals surface area (Å²) in [5.74, 6) is 2.67. The Morgan fingerprint density at radius 2 is 2.11 bits per heavy atom. The molecule has 0 saturated carbocycles. The lowest BCUT2D eigenvalue weighted by Crippen LogP contribution is -2.23. The molecule has 1 unspecified atom stereocenters. The number of hydrogen-bond acceptors (Lipinski definition) is 4. The summed E-state index contributed by atoms with van der Waals surface area (Å²) in [4.78, 5) is 9.07. The second-order valence-corrected chi connectivity index (χ2v) is 7.81. The molecule has 2 heterocycles. The maximum atomic E-state index is 6.22. The van der Waals surface area contributed by atoms with E-state index in [4.69, 9.17) is 16.3 Å². The number of ether oxygens (including phenoxy) is 1. The summed E-state index contributed by atoms with van der Waals surface area (Å²) in [6.07, 6.45) is -0.0284. The van der Waals surface area contributed by atoms with Crippen molar-refractivity contribution < 1.29 is 4.74 Å². The first kappa shape index (κ1) is 14.8. The van der Waals surface area contributed by atoms with Gasteiger partial charge >= 0.3 is 0 Å². The van der Waals surface area contributed by atoms with Crippen LogP contribution in [0.1, 0.15) is 38.4 Å². The molecule has 0 aromatic carbocycles. The van der Waals surface area contributed by atoms with Gasteiger partial charge in [-0.25, -0.2) is 9.97 Å². The quantitative estimate of drug-likeness (QED) is 0.532. The van der Waals surface area contributed by atoms with Crippen LogP contribution in [0.5, 0.6) is 0 Å². The maximum absolute atomic E-state index is 6.22. The molecule has 3 nitrogen and oxygen atoms in total. The first-order valence-electron chi connectivity index (χ1n) is 5.82. The van der Waals surface area contributed by atoms with E-state index in [1.807, 2.05) is 11.8 Å². The van der Waals surface area contributed by atoms with E-state index in [1.165, 1.54) is 0 Å². The molecule has 1 fully saturated rings. The molecule has 6 heteroatoms. The van der Waals surface area contributed by atoms with Gasteiger partial charge in [-0.15, -0.1) is 0 Å². The van der Waals surface area contributed by atoms with E-state index < -0.39 is 0 Å². The van der Waals surface area contributed by atoms with E-state index in [0.717, 1.165) is 33.2 Å². The summed E-state index contributed by atoms with van der Waals surface area (Å²) < 4.78 is 6.66. The van der Waals surface area contributed by atoms with E-state index in [1.54, 1.807) is 0 Å². The van der Waals surface area contributed by atoms with Crippen LogP contribution in [0.2, 0.25) is 5.15 Å². The van der Waals surface area contributed by atoms with E-state index in [2.05, 4.69) is 53.3 Å². The van der Waals surface area contributed by atoms with Crippen molar-refractivity contribution in [1.82, 2.24) is 9.97 Å². The summed E-state index contributed by atoms with van der Waals surface area (Å²) in [5.41, 5.74) is 0.955. The lowest BCUT2D eigenvalue weighted by molar-refractivity contribution is 0.0691. The molecule has 1 atom stereocenters. The Morgan fingerprint density at radius 3 is 2.67 bits per heavy atom. The second-order valence-electron chi connectivity index (χ2n) is 5.22. The van der Waals surface area contributed by atoms with Crippen LogP contribution in [-0.2, 0) is 10.2 Å². The number of aromatic nitrogens is 2. The van der Waals surface area contributed by atoms with E-state index in [9.17, 15) is 0 Å². The summed E-state index contributed by atoms with van der Waals surface area (Å²) in [6.45, 7) is 7.16. The van der Waals surface area contributed by atoms with Crippen molar-refractivity contribution >= 4 is 46.0 Å². The number of halogens is 2. The molecule has 0 radical (unpaired) electrons. The van der Waals surface area contributed by atoms with Gasteiger partial charge < -0.3 is 4.74 Å². The highest BCUT2D eigenvalue weighted by atomic mass is 127. The number of thioether (sulfide) groups is 1. The lowest BCUT2D eigenvalue weighted by atomic mass is 9.92. The lowest BCUT2D eigenvalue weighted by Gasteiger charge is -2.25. The van der Waals surface area contributed by atoms with Crippen molar-refractivity contribution in [1.29, 1.82) is 0 Å². The van der Waals surface area contributed by atoms with Crippen molar-refractivity contribution in [3.05, 3.63) is 20.2 Å². The topological polar surface area (TPSA) is 35.0 Å². The average Bonchev–Trinajstić information content (AvgIpc) is 2.32. The summed E-state index contributed by atoms with van der Waals surface area (Å²) in [5, 5.41) is 0.532. The van der Waals surface area contributed by atoms with Crippen LogP contribution in [0.25, 0.3) is 0 Å². The molecule has 0 aliphatic carbocycles. The zero-order chi connectivity index (χ0) is 13.3. The standard InChI is InChI=1S/C12H16ClIN2OS/c1-12(2,3)9-8(14)10(13)16-11(15-9)7-6-18-5-4-17-7/h7H,4-6H2,1-3H3. The Kier molecular flexibility index (Phi) is 4.78. The van der Waals surface area contributed by atoms with Crippen LogP contribution < -0.4 is 0 Å². The monoisotopic (exact) mass is 398 g/mol. The van der Waals surface area contributed by atoms with Crippen molar-refractivity contribution in [2.45, 2.75) is 32.3 Å². The molecule has 1 aromatic heterocycles. The minimum Gasteiger partial charge on any atom is -0.368 e. The first-order chi connectivity index (χ1) is 8.39. The van der Waals surface area contributed by atoms with Crippen LogP contribution in [-0.4, -0.2) is 28.1 Å². The third-order valence-electron chi connectivity index (χ3n) is 2.64. The third-order valence-corrected chi connectivity index (χ3v) is 5.25. The van der Waals surface area contributed by atoms with Crippen molar-refractivity contribution in [3.8, 4) is 0 Å². The van der Waals surface area contributed by atoms with Crippen LogP contribution in [0.15, 0.2) is 0 Å². The number of hydrogen-bond donors (Lipinski definition) is 0. The van der Waals surface area contributed by atoms with Crippen LogP contribution in [0, 0.1) is 3.57 Å². The highest BCUT2D eigenvalue weighted by molar-refractivity contribution is 14.1. The van der Waals surface area contributed by atoms with Gasteiger partial charge in [0.05, 0.1) is 15.9 Å². The molecule has 0 amide bonds. The van der Waals surface area contributed by atoms with Crippen LogP contribution in [0.4, 0.5) is 0 Å². The molecule has 18 heavy (non-hydrogen) atoms. The van der Waals surface area contributed by atoms with Gasteiger partial charge in [0.2, 0.25) is 0 Å². The van der Waals surface area contributed by atoms with Gasteiger partial charge in [0, 0.05) is 16.9 Å². The van der Waals surface area contributed by atoms with Crippen molar-refractivity contribution in [2.75, 3.05) is 18.1 Å². The van der Waals surface area contributed by atoms with Crippen molar-refractivity contribution in [3.63, 3.8) is 0 Å². The Labute approximate surface area is 131 Å². The van der Waals surface area contributed by atoms with Gasteiger partial charge in [-0.2, -0.15) is 11.8 Å². The Bertz CT molecular complexity index is 444. The Balaban J connectivity index is 2.40.